The third-order valence-electron chi connectivity index (χ3n) is 6.19. The van der Waals surface area contributed by atoms with Crippen LogP contribution in [0.15, 0.2) is 54.6 Å². The zero-order chi connectivity index (χ0) is 17.8. The van der Waals surface area contributed by atoms with E-state index in [1.54, 1.807) is 0 Å². The largest absolute Gasteiger partial charge is 0.298 e. The smallest absolute Gasteiger partial charge is 0.0409 e. The van der Waals surface area contributed by atoms with Gasteiger partial charge in [-0.2, -0.15) is 0 Å². The Morgan fingerprint density at radius 1 is 0.808 bits per heavy atom. The average Bonchev–Trinajstić information content (AvgIpc) is 2.70. The maximum absolute atomic E-state index is 6.12. The Morgan fingerprint density at radius 2 is 1.54 bits per heavy atom. The van der Waals surface area contributed by atoms with Crippen molar-refractivity contribution in [3.05, 3.63) is 70.7 Å². The van der Waals surface area contributed by atoms with Crippen molar-refractivity contribution < 1.29 is 0 Å². The van der Waals surface area contributed by atoms with Crippen LogP contribution < -0.4 is 0 Å². The highest BCUT2D eigenvalue weighted by Crippen LogP contribution is 2.35. The molecule has 1 saturated carbocycles. The SMILES string of the molecule is Clc1cccc(CN2CCN(C3CCC(c4ccccc4)CC3)CC2)c1. The van der Waals surface area contributed by atoms with Crippen molar-refractivity contribution >= 4 is 11.6 Å². The first-order chi connectivity index (χ1) is 12.8. The summed E-state index contributed by atoms with van der Waals surface area (Å²) < 4.78 is 0. The molecule has 0 amide bonds. The van der Waals surface area contributed by atoms with Crippen molar-refractivity contribution in [1.82, 2.24) is 9.80 Å². The number of rotatable bonds is 4. The molecule has 3 heteroatoms. The fourth-order valence-electron chi connectivity index (χ4n) is 4.68. The van der Waals surface area contributed by atoms with E-state index in [1.165, 1.54) is 63.0 Å². The van der Waals surface area contributed by atoms with Crippen molar-refractivity contribution in [2.24, 2.45) is 0 Å². The highest BCUT2D eigenvalue weighted by molar-refractivity contribution is 6.30. The standard InChI is InChI=1S/C23H29ClN2/c24-22-8-4-5-19(17-22)18-25-13-15-26(16-14-25)23-11-9-21(10-12-23)20-6-2-1-3-7-20/h1-8,17,21,23H,9-16,18H2. The van der Waals surface area contributed by atoms with Gasteiger partial charge in [0, 0.05) is 43.8 Å². The summed E-state index contributed by atoms with van der Waals surface area (Å²) in [4.78, 5) is 5.31. The molecule has 138 valence electrons. The molecule has 0 atom stereocenters. The van der Waals surface area contributed by atoms with Crippen LogP contribution in [0.4, 0.5) is 0 Å². The molecule has 1 aliphatic carbocycles. The van der Waals surface area contributed by atoms with Crippen LogP contribution in [0.25, 0.3) is 0 Å². The van der Waals surface area contributed by atoms with Crippen LogP contribution in [0.1, 0.15) is 42.7 Å². The van der Waals surface area contributed by atoms with E-state index in [2.05, 4.69) is 58.3 Å². The molecule has 4 rings (SSSR count). The van der Waals surface area contributed by atoms with Crippen LogP contribution >= 0.6 is 11.6 Å². The Balaban J connectivity index is 1.24. The molecular weight excluding hydrogens is 340 g/mol. The normalized spacial score (nSPS) is 25.3. The third-order valence-corrected chi connectivity index (χ3v) is 6.42. The van der Waals surface area contributed by atoms with Crippen molar-refractivity contribution in [3.63, 3.8) is 0 Å². The minimum atomic E-state index is 0.775. The lowest BCUT2D eigenvalue weighted by atomic mass is 9.81. The van der Waals surface area contributed by atoms with Gasteiger partial charge in [-0.15, -0.1) is 0 Å². The summed E-state index contributed by atoms with van der Waals surface area (Å²) in [5, 5.41) is 0.844. The Morgan fingerprint density at radius 3 is 2.23 bits per heavy atom. The lowest BCUT2D eigenvalue weighted by Crippen LogP contribution is -2.50. The van der Waals surface area contributed by atoms with Crippen molar-refractivity contribution in [2.75, 3.05) is 26.2 Å². The van der Waals surface area contributed by atoms with E-state index in [0.717, 1.165) is 23.5 Å². The number of halogens is 1. The molecule has 2 aliphatic rings. The van der Waals surface area contributed by atoms with Crippen LogP contribution in [-0.2, 0) is 6.54 Å². The Bertz CT molecular complexity index is 686. The molecule has 2 nitrogen and oxygen atoms in total. The minimum Gasteiger partial charge on any atom is -0.298 e. The molecule has 2 aromatic rings. The molecule has 1 heterocycles. The molecular formula is C23H29ClN2. The summed E-state index contributed by atoms with van der Waals surface area (Å²) in [6, 6.07) is 20.2. The second-order valence-electron chi connectivity index (χ2n) is 7.86. The lowest BCUT2D eigenvalue weighted by Gasteiger charge is -2.42. The number of benzene rings is 2. The number of hydrogen-bond donors (Lipinski definition) is 0. The van der Waals surface area contributed by atoms with Crippen molar-refractivity contribution in [2.45, 2.75) is 44.2 Å². The summed E-state index contributed by atoms with van der Waals surface area (Å²) in [5.74, 6) is 0.775. The van der Waals surface area contributed by atoms with Gasteiger partial charge in [-0.3, -0.25) is 9.80 Å². The van der Waals surface area contributed by atoms with Gasteiger partial charge >= 0.3 is 0 Å². The van der Waals surface area contributed by atoms with Gasteiger partial charge in [-0.25, -0.2) is 0 Å². The molecule has 0 spiro atoms. The zero-order valence-corrected chi connectivity index (χ0v) is 16.2. The summed E-state index contributed by atoms with van der Waals surface area (Å²) in [7, 11) is 0. The van der Waals surface area contributed by atoms with E-state index in [0.29, 0.717) is 0 Å². The summed E-state index contributed by atoms with van der Waals surface area (Å²) in [6.07, 6.45) is 5.40. The molecule has 26 heavy (non-hydrogen) atoms. The predicted molar refractivity (Wildman–Crippen MR) is 110 cm³/mol. The van der Waals surface area contributed by atoms with E-state index >= 15 is 0 Å². The van der Waals surface area contributed by atoms with Gasteiger partial charge < -0.3 is 0 Å². The molecule has 0 unspecified atom stereocenters. The molecule has 2 aromatic carbocycles. The lowest BCUT2D eigenvalue weighted by molar-refractivity contribution is 0.0727. The number of nitrogens with zero attached hydrogens (tertiary/aromatic N) is 2. The first-order valence-corrected chi connectivity index (χ1v) is 10.4. The Labute approximate surface area is 162 Å². The molecule has 1 saturated heterocycles. The van der Waals surface area contributed by atoms with Crippen LogP contribution in [0.3, 0.4) is 0 Å². The topological polar surface area (TPSA) is 6.48 Å². The molecule has 0 N–H and O–H groups in total. The van der Waals surface area contributed by atoms with Gasteiger partial charge in [0.2, 0.25) is 0 Å². The van der Waals surface area contributed by atoms with Gasteiger partial charge in [0.1, 0.15) is 0 Å². The van der Waals surface area contributed by atoms with E-state index in [4.69, 9.17) is 11.6 Å². The highest BCUT2D eigenvalue weighted by atomic mass is 35.5. The van der Waals surface area contributed by atoms with Crippen LogP contribution in [0.2, 0.25) is 5.02 Å². The van der Waals surface area contributed by atoms with Crippen LogP contribution in [0, 0.1) is 0 Å². The quantitative estimate of drug-likeness (QED) is 0.733. The van der Waals surface area contributed by atoms with Crippen LogP contribution in [0.5, 0.6) is 0 Å². The highest BCUT2D eigenvalue weighted by Gasteiger charge is 2.28. The molecule has 1 aliphatic heterocycles. The van der Waals surface area contributed by atoms with E-state index < -0.39 is 0 Å². The Hall–Kier alpha value is -1.35. The van der Waals surface area contributed by atoms with Gasteiger partial charge in [0.25, 0.3) is 0 Å². The zero-order valence-electron chi connectivity index (χ0n) is 15.5. The van der Waals surface area contributed by atoms with Crippen molar-refractivity contribution in [3.8, 4) is 0 Å². The second kappa shape index (κ2) is 8.56. The number of hydrogen-bond acceptors (Lipinski definition) is 2. The van der Waals surface area contributed by atoms with E-state index in [9.17, 15) is 0 Å². The van der Waals surface area contributed by atoms with Gasteiger partial charge in [-0.1, -0.05) is 54.1 Å². The predicted octanol–water partition coefficient (Wildman–Crippen LogP) is 5.18. The van der Waals surface area contributed by atoms with Gasteiger partial charge in [0.15, 0.2) is 0 Å². The Kier molecular flexibility index (Phi) is 5.94. The maximum Gasteiger partial charge on any atom is 0.0409 e. The molecule has 0 aromatic heterocycles. The monoisotopic (exact) mass is 368 g/mol. The molecule has 2 fully saturated rings. The van der Waals surface area contributed by atoms with Crippen LogP contribution in [-0.4, -0.2) is 42.0 Å². The van der Waals surface area contributed by atoms with Gasteiger partial charge in [-0.05, 0) is 54.9 Å². The number of piperazine rings is 1. The summed E-state index contributed by atoms with van der Waals surface area (Å²) in [6.45, 7) is 5.79. The fourth-order valence-corrected chi connectivity index (χ4v) is 4.89. The van der Waals surface area contributed by atoms with Crippen molar-refractivity contribution in [1.29, 1.82) is 0 Å². The average molecular weight is 369 g/mol. The second-order valence-corrected chi connectivity index (χ2v) is 8.29. The van der Waals surface area contributed by atoms with Gasteiger partial charge in [0.05, 0.1) is 0 Å². The first kappa shape index (κ1) is 18.0. The van der Waals surface area contributed by atoms with E-state index in [-0.39, 0.29) is 0 Å². The minimum absolute atomic E-state index is 0.775. The summed E-state index contributed by atoms with van der Waals surface area (Å²) >= 11 is 6.12. The summed E-state index contributed by atoms with van der Waals surface area (Å²) in [5.41, 5.74) is 2.87. The molecule has 0 radical (unpaired) electrons. The first-order valence-electron chi connectivity index (χ1n) is 10.0. The maximum atomic E-state index is 6.12. The fraction of sp³-hybridized carbons (Fsp3) is 0.478. The molecule has 0 bridgehead atoms. The van der Waals surface area contributed by atoms with E-state index in [1.807, 2.05) is 6.07 Å². The third kappa shape index (κ3) is 4.49.